The van der Waals surface area contributed by atoms with E-state index in [0.717, 1.165) is 33.6 Å². The van der Waals surface area contributed by atoms with Crippen LogP contribution in [0.25, 0.3) is 0 Å². The van der Waals surface area contributed by atoms with E-state index in [2.05, 4.69) is 14.9 Å². The Balaban J connectivity index is 1.37. The van der Waals surface area contributed by atoms with Crippen LogP contribution in [0.2, 0.25) is 0 Å². The molecule has 1 N–H and O–H groups in total. The number of thioether (sulfide) groups is 1. The Kier molecular flexibility index (Phi) is 4.51. The Bertz CT molecular complexity index is 931. The Morgan fingerprint density at radius 2 is 2.07 bits per heavy atom. The summed E-state index contributed by atoms with van der Waals surface area (Å²) in [6.07, 6.45) is 2.62. The molecule has 0 radical (unpaired) electrons. The van der Waals surface area contributed by atoms with Gasteiger partial charge in [0.2, 0.25) is 5.91 Å². The summed E-state index contributed by atoms with van der Waals surface area (Å²) in [4.78, 5) is 43.2. The molecule has 3 amide bonds. The minimum Gasteiger partial charge on any atom is -0.354 e. The molecular formula is C19H20N4O3S. The molecule has 7 nitrogen and oxygen atoms in total. The number of benzene rings is 1. The number of hydrogen-bond donors (Lipinski definition) is 1. The second-order valence-electron chi connectivity index (χ2n) is 6.80. The molecule has 0 bridgehead atoms. The van der Waals surface area contributed by atoms with Crippen LogP contribution in [0.3, 0.4) is 0 Å². The van der Waals surface area contributed by atoms with Gasteiger partial charge in [0.05, 0.1) is 16.8 Å². The smallest absolute Gasteiger partial charge is 0.262 e. The van der Waals surface area contributed by atoms with Gasteiger partial charge in [-0.25, -0.2) is 4.98 Å². The number of aromatic nitrogens is 2. The van der Waals surface area contributed by atoms with Crippen LogP contribution in [0.1, 0.15) is 38.9 Å². The molecular weight excluding hydrogens is 364 g/mol. The summed E-state index contributed by atoms with van der Waals surface area (Å²) in [5.41, 5.74) is 2.56. The van der Waals surface area contributed by atoms with Gasteiger partial charge in [-0.3, -0.25) is 19.3 Å². The Morgan fingerprint density at radius 3 is 2.85 bits per heavy atom. The monoisotopic (exact) mass is 384 g/mol. The van der Waals surface area contributed by atoms with E-state index in [1.807, 2.05) is 13.1 Å². The van der Waals surface area contributed by atoms with Crippen molar-refractivity contribution in [3.63, 3.8) is 0 Å². The lowest BCUT2D eigenvalue weighted by Gasteiger charge is -2.21. The molecule has 27 heavy (non-hydrogen) atoms. The molecule has 1 unspecified atom stereocenters. The van der Waals surface area contributed by atoms with Crippen LogP contribution in [0.5, 0.6) is 0 Å². The van der Waals surface area contributed by atoms with Crippen molar-refractivity contribution in [2.24, 2.45) is 0 Å². The van der Waals surface area contributed by atoms with Crippen molar-refractivity contribution in [1.29, 1.82) is 0 Å². The molecule has 2 aliphatic heterocycles. The minimum atomic E-state index is -0.861. The van der Waals surface area contributed by atoms with Gasteiger partial charge in [0.15, 0.2) is 5.16 Å². The van der Waals surface area contributed by atoms with Gasteiger partial charge in [-0.15, -0.1) is 0 Å². The molecule has 2 aromatic rings. The van der Waals surface area contributed by atoms with E-state index in [9.17, 15) is 14.4 Å². The van der Waals surface area contributed by atoms with Crippen LogP contribution < -0.4 is 5.32 Å². The average Bonchev–Trinajstić information content (AvgIpc) is 3.28. The van der Waals surface area contributed by atoms with E-state index in [4.69, 9.17) is 0 Å². The van der Waals surface area contributed by atoms with Crippen molar-refractivity contribution in [3.05, 3.63) is 46.8 Å². The van der Waals surface area contributed by atoms with Crippen LogP contribution in [-0.2, 0) is 17.8 Å². The molecule has 0 fully saturated rings. The summed E-state index contributed by atoms with van der Waals surface area (Å²) >= 11 is 1.73. The van der Waals surface area contributed by atoms with Gasteiger partial charge >= 0.3 is 0 Å². The molecule has 0 saturated carbocycles. The van der Waals surface area contributed by atoms with Crippen molar-refractivity contribution >= 4 is 29.5 Å². The van der Waals surface area contributed by atoms with E-state index in [1.165, 1.54) is 0 Å². The lowest BCUT2D eigenvalue weighted by atomic mass is 10.1. The van der Waals surface area contributed by atoms with Gasteiger partial charge in [0.1, 0.15) is 6.04 Å². The molecule has 0 spiro atoms. The van der Waals surface area contributed by atoms with E-state index >= 15 is 0 Å². The zero-order valence-corrected chi connectivity index (χ0v) is 16.0. The standard InChI is InChI=1S/C19H20N4O3S/c1-11-3-4-14-15(9-11)18(26)23(17(14)25)12(2)16(24)20-6-5-13-10-22-7-8-27-19(22)21-13/h3-4,9-10,12H,5-8H2,1-2H3,(H,20,24). The number of imidazole rings is 1. The highest BCUT2D eigenvalue weighted by atomic mass is 32.2. The first-order chi connectivity index (χ1) is 13.0. The second-order valence-corrected chi connectivity index (χ2v) is 7.87. The molecule has 3 heterocycles. The first-order valence-corrected chi connectivity index (χ1v) is 9.89. The Labute approximate surface area is 161 Å². The number of amides is 3. The maximum absolute atomic E-state index is 12.6. The fourth-order valence-electron chi connectivity index (χ4n) is 3.39. The largest absolute Gasteiger partial charge is 0.354 e. The van der Waals surface area contributed by atoms with Gasteiger partial charge in [-0.1, -0.05) is 23.4 Å². The lowest BCUT2D eigenvalue weighted by Crippen LogP contribution is -2.48. The number of fused-ring (bicyclic) bond motifs is 2. The SMILES string of the molecule is Cc1ccc2c(c1)C(=O)N(C(C)C(=O)NCCc1cn3c(n1)SCC3)C2=O. The average molecular weight is 384 g/mol. The number of carbonyl (C=O) groups excluding carboxylic acids is 3. The van der Waals surface area contributed by atoms with Crippen LogP contribution in [0.15, 0.2) is 29.6 Å². The first-order valence-electron chi connectivity index (χ1n) is 8.91. The lowest BCUT2D eigenvalue weighted by molar-refractivity contribution is -0.124. The number of rotatable bonds is 5. The number of imide groups is 1. The number of hydrogen-bond acceptors (Lipinski definition) is 5. The highest BCUT2D eigenvalue weighted by Crippen LogP contribution is 2.26. The third-order valence-corrected chi connectivity index (χ3v) is 5.84. The summed E-state index contributed by atoms with van der Waals surface area (Å²) in [5.74, 6) is -0.122. The van der Waals surface area contributed by atoms with Crippen LogP contribution >= 0.6 is 11.8 Å². The molecule has 140 valence electrons. The molecule has 4 rings (SSSR count). The molecule has 2 aliphatic rings. The highest BCUT2D eigenvalue weighted by Gasteiger charge is 2.40. The number of carbonyl (C=O) groups is 3. The minimum absolute atomic E-state index is 0.345. The normalized spacial score (nSPS) is 16.4. The van der Waals surface area contributed by atoms with Gasteiger partial charge in [-0.2, -0.15) is 0 Å². The van der Waals surface area contributed by atoms with Gasteiger partial charge in [0.25, 0.3) is 11.8 Å². The topological polar surface area (TPSA) is 84.3 Å². The van der Waals surface area contributed by atoms with Crippen LogP contribution in [0, 0.1) is 6.92 Å². The van der Waals surface area contributed by atoms with Crippen molar-refractivity contribution in [1.82, 2.24) is 19.8 Å². The van der Waals surface area contributed by atoms with Crippen LogP contribution in [-0.4, -0.2) is 50.5 Å². The third kappa shape index (κ3) is 3.14. The zero-order valence-electron chi connectivity index (χ0n) is 15.2. The van der Waals surface area contributed by atoms with Crippen molar-refractivity contribution in [2.45, 2.75) is 38.0 Å². The molecule has 1 atom stereocenters. The highest BCUT2D eigenvalue weighted by molar-refractivity contribution is 7.99. The van der Waals surface area contributed by atoms with E-state index in [1.54, 1.807) is 36.9 Å². The summed E-state index contributed by atoms with van der Waals surface area (Å²) in [7, 11) is 0. The summed E-state index contributed by atoms with van der Waals surface area (Å²) in [6, 6.07) is 4.26. The first kappa shape index (κ1) is 17.8. The Morgan fingerprint density at radius 1 is 1.30 bits per heavy atom. The predicted octanol–water partition coefficient (Wildman–Crippen LogP) is 1.64. The molecule has 0 saturated heterocycles. The zero-order chi connectivity index (χ0) is 19.1. The van der Waals surface area contributed by atoms with E-state index in [0.29, 0.717) is 24.1 Å². The summed E-state index contributed by atoms with van der Waals surface area (Å²) in [6.45, 7) is 4.81. The quantitative estimate of drug-likeness (QED) is 0.793. The van der Waals surface area contributed by atoms with E-state index in [-0.39, 0.29) is 5.91 Å². The van der Waals surface area contributed by atoms with Gasteiger partial charge < -0.3 is 9.88 Å². The fraction of sp³-hybridized carbons (Fsp3) is 0.368. The summed E-state index contributed by atoms with van der Waals surface area (Å²) < 4.78 is 2.12. The second kappa shape index (κ2) is 6.84. The van der Waals surface area contributed by atoms with Crippen LogP contribution in [0.4, 0.5) is 0 Å². The van der Waals surface area contributed by atoms with Crippen molar-refractivity contribution < 1.29 is 14.4 Å². The van der Waals surface area contributed by atoms with Crippen molar-refractivity contribution in [2.75, 3.05) is 12.3 Å². The molecule has 0 aliphatic carbocycles. The number of aryl methyl sites for hydroxylation is 2. The van der Waals surface area contributed by atoms with Crippen molar-refractivity contribution in [3.8, 4) is 0 Å². The molecule has 1 aromatic heterocycles. The number of nitrogens with one attached hydrogen (secondary N) is 1. The van der Waals surface area contributed by atoms with Gasteiger partial charge in [-0.05, 0) is 26.0 Å². The molecule has 1 aromatic carbocycles. The fourth-order valence-corrected chi connectivity index (χ4v) is 4.35. The molecule has 8 heteroatoms. The third-order valence-electron chi connectivity index (χ3n) is 4.87. The maximum atomic E-state index is 12.6. The summed E-state index contributed by atoms with van der Waals surface area (Å²) in [5, 5.41) is 3.83. The predicted molar refractivity (Wildman–Crippen MR) is 101 cm³/mol. The van der Waals surface area contributed by atoms with Gasteiger partial charge in [0, 0.05) is 31.5 Å². The Hall–Kier alpha value is -2.61. The van der Waals surface area contributed by atoms with E-state index < -0.39 is 17.9 Å². The maximum Gasteiger partial charge on any atom is 0.262 e. The number of nitrogens with zero attached hydrogens (tertiary/aromatic N) is 3.